The lowest BCUT2D eigenvalue weighted by molar-refractivity contribution is 0.295. The van der Waals surface area contributed by atoms with Gasteiger partial charge >= 0.3 is 0 Å². The van der Waals surface area contributed by atoms with Crippen molar-refractivity contribution in [1.29, 1.82) is 0 Å². The largest absolute Gasteiger partial charge is 0.492 e. The fourth-order valence-electron chi connectivity index (χ4n) is 1.76. The SMILES string of the molecule is C=C(OCC)c1c(CNC2CC2)cnn1C. The molecule has 0 atom stereocenters. The molecule has 1 aliphatic rings. The molecule has 0 amide bonds. The van der Waals surface area contributed by atoms with Gasteiger partial charge in [-0.1, -0.05) is 6.58 Å². The van der Waals surface area contributed by atoms with E-state index in [0.717, 1.165) is 17.8 Å². The molecular formula is C12H19N3O. The second-order valence-corrected chi connectivity index (χ2v) is 4.15. The average Bonchev–Trinajstić information content (AvgIpc) is 3.00. The molecule has 88 valence electrons. The highest BCUT2D eigenvalue weighted by Crippen LogP contribution is 2.22. The molecule has 1 aliphatic carbocycles. The number of nitrogens with one attached hydrogen (secondary N) is 1. The van der Waals surface area contributed by atoms with E-state index in [9.17, 15) is 0 Å². The van der Waals surface area contributed by atoms with Crippen molar-refractivity contribution in [1.82, 2.24) is 15.1 Å². The van der Waals surface area contributed by atoms with Crippen LogP contribution in [0.5, 0.6) is 0 Å². The molecule has 0 spiro atoms. The summed E-state index contributed by atoms with van der Waals surface area (Å²) in [5.41, 5.74) is 2.16. The van der Waals surface area contributed by atoms with Crippen LogP contribution in [0.25, 0.3) is 5.76 Å². The van der Waals surface area contributed by atoms with Gasteiger partial charge in [0.05, 0.1) is 12.8 Å². The zero-order valence-corrected chi connectivity index (χ0v) is 9.99. The molecule has 2 rings (SSSR count). The molecule has 0 aromatic carbocycles. The summed E-state index contributed by atoms with van der Waals surface area (Å²) in [6.07, 6.45) is 4.47. The fourth-order valence-corrected chi connectivity index (χ4v) is 1.76. The molecule has 0 unspecified atom stereocenters. The first-order valence-electron chi connectivity index (χ1n) is 5.78. The van der Waals surface area contributed by atoms with Crippen LogP contribution in [0.1, 0.15) is 31.0 Å². The molecule has 0 saturated heterocycles. The molecule has 1 saturated carbocycles. The van der Waals surface area contributed by atoms with Gasteiger partial charge in [-0.25, -0.2) is 0 Å². The lowest BCUT2D eigenvalue weighted by Crippen LogP contribution is -2.16. The predicted octanol–water partition coefficient (Wildman–Crippen LogP) is 1.68. The van der Waals surface area contributed by atoms with Gasteiger partial charge in [-0.2, -0.15) is 5.10 Å². The van der Waals surface area contributed by atoms with E-state index in [4.69, 9.17) is 4.74 Å². The Kier molecular flexibility index (Phi) is 3.29. The molecule has 4 nitrogen and oxygen atoms in total. The minimum atomic E-state index is 0.638. The predicted molar refractivity (Wildman–Crippen MR) is 63.7 cm³/mol. The molecular weight excluding hydrogens is 202 g/mol. The van der Waals surface area contributed by atoms with Gasteiger partial charge in [-0.3, -0.25) is 4.68 Å². The van der Waals surface area contributed by atoms with Crippen molar-refractivity contribution in [2.45, 2.75) is 32.4 Å². The highest BCUT2D eigenvalue weighted by atomic mass is 16.5. The summed E-state index contributed by atoms with van der Waals surface area (Å²) >= 11 is 0. The lowest BCUT2D eigenvalue weighted by atomic mass is 10.2. The summed E-state index contributed by atoms with van der Waals surface area (Å²) in [7, 11) is 1.92. The Morgan fingerprint density at radius 1 is 1.69 bits per heavy atom. The van der Waals surface area contributed by atoms with E-state index in [1.807, 2.05) is 24.9 Å². The third-order valence-corrected chi connectivity index (χ3v) is 2.76. The van der Waals surface area contributed by atoms with Crippen molar-refractivity contribution >= 4 is 5.76 Å². The lowest BCUT2D eigenvalue weighted by Gasteiger charge is -2.10. The van der Waals surface area contributed by atoms with Crippen LogP contribution in [-0.4, -0.2) is 22.4 Å². The Morgan fingerprint density at radius 3 is 3.06 bits per heavy atom. The Bertz CT molecular complexity index is 380. The van der Waals surface area contributed by atoms with Crippen molar-refractivity contribution in [2.75, 3.05) is 6.61 Å². The highest BCUT2D eigenvalue weighted by Gasteiger charge is 2.21. The summed E-state index contributed by atoms with van der Waals surface area (Å²) < 4.78 is 7.27. The number of aromatic nitrogens is 2. The number of hydrogen-bond acceptors (Lipinski definition) is 3. The fraction of sp³-hybridized carbons (Fsp3) is 0.583. The quantitative estimate of drug-likeness (QED) is 0.743. The molecule has 0 bridgehead atoms. The smallest absolute Gasteiger partial charge is 0.137 e. The van der Waals surface area contributed by atoms with Gasteiger partial charge < -0.3 is 10.1 Å². The van der Waals surface area contributed by atoms with Crippen LogP contribution < -0.4 is 5.32 Å². The second kappa shape index (κ2) is 4.70. The third-order valence-electron chi connectivity index (χ3n) is 2.76. The summed E-state index contributed by atoms with van der Waals surface area (Å²) in [6, 6.07) is 0.702. The maximum atomic E-state index is 5.45. The Balaban J connectivity index is 2.07. The van der Waals surface area contributed by atoms with E-state index in [-0.39, 0.29) is 0 Å². The van der Waals surface area contributed by atoms with Crippen LogP contribution in [-0.2, 0) is 18.3 Å². The van der Waals surface area contributed by atoms with Crippen LogP contribution in [0.4, 0.5) is 0 Å². The topological polar surface area (TPSA) is 39.1 Å². The highest BCUT2D eigenvalue weighted by molar-refractivity contribution is 5.57. The van der Waals surface area contributed by atoms with Gasteiger partial charge in [0, 0.05) is 25.2 Å². The number of ether oxygens (including phenoxy) is 1. The molecule has 1 N–H and O–H groups in total. The molecule has 16 heavy (non-hydrogen) atoms. The van der Waals surface area contributed by atoms with Crippen molar-refractivity contribution in [3.63, 3.8) is 0 Å². The van der Waals surface area contributed by atoms with E-state index in [1.54, 1.807) is 0 Å². The molecule has 4 heteroatoms. The second-order valence-electron chi connectivity index (χ2n) is 4.15. The molecule has 0 radical (unpaired) electrons. The minimum Gasteiger partial charge on any atom is -0.492 e. The number of rotatable bonds is 6. The van der Waals surface area contributed by atoms with Gasteiger partial charge in [-0.15, -0.1) is 0 Å². The molecule has 0 aliphatic heterocycles. The minimum absolute atomic E-state index is 0.638. The standard InChI is InChI=1S/C12H19N3O/c1-4-16-9(2)12-10(8-14-15(12)3)7-13-11-5-6-11/h8,11,13H,2,4-7H2,1,3H3. The first-order chi connectivity index (χ1) is 7.72. The van der Waals surface area contributed by atoms with E-state index in [2.05, 4.69) is 17.0 Å². The molecule has 1 heterocycles. The summed E-state index contributed by atoms with van der Waals surface area (Å²) in [5, 5.41) is 7.73. The summed E-state index contributed by atoms with van der Waals surface area (Å²) in [4.78, 5) is 0. The molecule has 1 aromatic heterocycles. The Labute approximate surface area is 96.3 Å². The van der Waals surface area contributed by atoms with Crippen LogP contribution in [0.3, 0.4) is 0 Å². The van der Waals surface area contributed by atoms with Crippen molar-refractivity contribution in [2.24, 2.45) is 7.05 Å². The van der Waals surface area contributed by atoms with Crippen LogP contribution in [0, 0.1) is 0 Å². The van der Waals surface area contributed by atoms with Gasteiger partial charge in [-0.05, 0) is 19.8 Å². The van der Waals surface area contributed by atoms with E-state index in [1.165, 1.54) is 12.8 Å². The summed E-state index contributed by atoms with van der Waals surface area (Å²) in [6.45, 7) is 7.39. The third kappa shape index (κ3) is 2.44. The van der Waals surface area contributed by atoms with Crippen molar-refractivity contribution in [3.8, 4) is 0 Å². The Morgan fingerprint density at radius 2 is 2.44 bits per heavy atom. The Hall–Kier alpha value is -1.29. The van der Waals surface area contributed by atoms with Gasteiger partial charge in [0.1, 0.15) is 11.5 Å². The van der Waals surface area contributed by atoms with Gasteiger partial charge in [0.2, 0.25) is 0 Å². The van der Waals surface area contributed by atoms with Crippen LogP contribution in [0.15, 0.2) is 12.8 Å². The normalized spacial score (nSPS) is 15.1. The first kappa shape index (κ1) is 11.2. The zero-order valence-electron chi connectivity index (χ0n) is 9.99. The van der Waals surface area contributed by atoms with Crippen LogP contribution in [0.2, 0.25) is 0 Å². The monoisotopic (exact) mass is 221 g/mol. The summed E-state index contributed by atoms with van der Waals surface area (Å²) in [5.74, 6) is 0.704. The van der Waals surface area contributed by atoms with E-state index in [0.29, 0.717) is 18.4 Å². The van der Waals surface area contributed by atoms with Gasteiger partial charge in [0.15, 0.2) is 0 Å². The molecule has 1 fully saturated rings. The van der Waals surface area contributed by atoms with Crippen molar-refractivity contribution in [3.05, 3.63) is 24.0 Å². The van der Waals surface area contributed by atoms with Crippen LogP contribution >= 0.6 is 0 Å². The number of nitrogens with zero attached hydrogens (tertiary/aromatic N) is 2. The first-order valence-corrected chi connectivity index (χ1v) is 5.78. The molecule has 1 aromatic rings. The maximum Gasteiger partial charge on any atom is 0.137 e. The maximum absolute atomic E-state index is 5.45. The van der Waals surface area contributed by atoms with Crippen molar-refractivity contribution < 1.29 is 4.74 Å². The average molecular weight is 221 g/mol. The van der Waals surface area contributed by atoms with E-state index >= 15 is 0 Å². The van der Waals surface area contributed by atoms with Gasteiger partial charge in [0.25, 0.3) is 0 Å². The zero-order chi connectivity index (χ0) is 11.5. The number of hydrogen-bond donors (Lipinski definition) is 1. The number of aryl methyl sites for hydroxylation is 1. The van der Waals surface area contributed by atoms with E-state index < -0.39 is 0 Å².